The van der Waals surface area contributed by atoms with Gasteiger partial charge in [0.15, 0.2) is 0 Å². The number of hydrogen-bond donors (Lipinski definition) is 1. The zero-order valence-corrected chi connectivity index (χ0v) is 9.90. The molecule has 1 heterocycles. The van der Waals surface area contributed by atoms with Gasteiger partial charge in [0.1, 0.15) is 18.0 Å². The van der Waals surface area contributed by atoms with E-state index in [0.29, 0.717) is 12.1 Å². The fourth-order valence-corrected chi connectivity index (χ4v) is 1.81. The molecule has 2 aromatic rings. The summed E-state index contributed by atoms with van der Waals surface area (Å²) in [5, 5.41) is 3.13. The highest BCUT2D eigenvalue weighted by Crippen LogP contribution is 2.23. The minimum atomic E-state index is -0.587. The van der Waals surface area contributed by atoms with Crippen molar-refractivity contribution in [3.8, 4) is 0 Å². The zero-order valence-electron chi connectivity index (χ0n) is 9.90. The van der Waals surface area contributed by atoms with Crippen LogP contribution in [0.5, 0.6) is 0 Å². The standard InChI is InChI=1S/C13H13F2N3/c1-2-18-13(9-6-16-8-17-7-9)11-4-3-10(14)5-12(11)15/h3-8,13,18H,2H2,1H3. The molecule has 0 aliphatic heterocycles. The molecule has 94 valence electrons. The van der Waals surface area contributed by atoms with E-state index < -0.39 is 11.6 Å². The Kier molecular flexibility index (Phi) is 3.94. The highest BCUT2D eigenvalue weighted by molar-refractivity contribution is 5.30. The van der Waals surface area contributed by atoms with Gasteiger partial charge in [-0.2, -0.15) is 0 Å². The van der Waals surface area contributed by atoms with E-state index in [-0.39, 0.29) is 6.04 Å². The average Bonchev–Trinajstić information content (AvgIpc) is 2.38. The highest BCUT2D eigenvalue weighted by atomic mass is 19.1. The van der Waals surface area contributed by atoms with Gasteiger partial charge in [-0.25, -0.2) is 18.7 Å². The van der Waals surface area contributed by atoms with Crippen molar-refractivity contribution in [3.05, 3.63) is 59.7 Å². The summed E-state index contributed by atoms with van der Waals surface area (Å²) < 4.78 is 26.7. The first kappa shape index (κ1) is 12.6. The Labute approximate surface area is 104 Å². The van der Waals surface area contributed by atoms with Gasteiger partial charge in [0, 0.05) is 29.6 Å². The molecule has 0 saturated heterocycles. The van der Waals surface area contributed by atoms with Gasteiger partial charge in [0.25, 0.3) is 0 Å². The molecule has 5 heteroatoms. The van der Waals surface area contributed by atoms with Crippen LogP contribution in [0.4, 0.5) is 8.78 Å². The van der Waals surface area contributed by atoms with Crippen LogP contribution >= 0.6 is 0 Å². The van der Waals surface area contributed by atoms with Gasteiger partial charge in [-0.1, -0.05) is 13.0 Å². The molecule has 0 aliphatic carbocycles. The molecule has 0 saturated carbocycles. The third-order valence-electron chi connectivity index (χ3n) is 2.60. The fraction of sp³-hybridized carbons (Fsp3) is 0.231. The third-order valence-corrected chi connectivity index (χ3v) is 2.60. The summed E-state index contributed by atoms with van der Waals surface area (Å²) in [5.41, 5.74) is 1.12. The third kappa shape index (κ3) is 2.68. The van der Waals surface area contributed by atoms with Crippen LogP contribution in [0, 0.1) is 11.6 Å². The zero-order chi connectivity index (χ0) is 13.0. The van der Waals surface area contributed by atoms with E-state index in [1.807, 2.05) is 6.92 Å². The van der Waals surface area contributed by atoms with Gasteiger partial charge in [-0.3, -0.25) is 0 Å². The molecule has 0 bridgehead atoms. The Balaban J connectivity index is 2.41. The van der Waals surface area contributed by atoms with Gasteiger partial charge in [0.05, 0.1) is 6.04 Å². The molecule has 18 heavy (non-hydrogen) atoms. The molecule has 1 N–H and O–H groups in total. The Bertz CT molecular complexity index is 517. The Morgan fingerprint density at radius 2 is 1.94 bits per heavy atom. The molecular weight excluding hydrogens is 236 g/mol. The molecule has 0 aliphatic rings. The van der Waals surface area contributed by atoms with E-state index in [9.17, 15) is 8.78 Å². The van der Waals surface area contributed by atoms with Gasteiger partial charge < -0.3 is 5.32 Å². The van der Waals surface area contributed by atoms with E-state index >= 15 is 0 Å². The van der Waals surface area contributed by atoms with Crippen molar-refractivity contribution in [2.45, 2.75) is 13.0 Å². The normalized spacial score (nSPS) is 12.4. The quantitative estimate of drug-likeness (QED) is 0.904. The van der Waals surface area contributed by atoms with Crippen LogP contribution in [0.1, 0.15) is 24.1 Å². The number of aromatic nitrogens is 2. The topological polar surface area (TPSA) is 37.8 Å². The smallest absolute Gasteiger partial charge is 0.131 e. The van der Waals surface area contributed by atoms with E-state index in [4.69, 9.17) is 0 Å². The Hall–Kier alpha value is -1.88. The summed E-state index contributed by atoms with van der Waals surface area (Å²) in [6.07, 6.45) is 4.64. The van der Waals surface area contributed by atoms with Gasteiger partial charge in [0.2, 0.25) is 0 Å². The summed E-state index contributed by atoms with van der Waals surface area (Å²) in [4.78, 5) is 7.83. The maximum Gasteiger partial charge on any atom is 0.131 e. The van der Waals surface area contributed by atoms with Crippen LogP contribution in [0.3, 0.4) is 0 Å². The molecule has 1 aromatic heterocycles. The monoisotopic (exact) mass is 249 g/mol. The van der Waals surface area contributed by atoms with E-state index in [1.165, 1.54) is 18.5 Å². The van der Waals surface area contributed by atoms with Gasteiger partial charge in [-0.15, -0.1) is 0 Å². The molecule has 2 rings (SSSR count). The molecule has 0 spiro atoms. The van der Waals surface area contributed by atoms with E-state index in [1.54, 1.807) is 12.4 Å². The van der Waals surface area contributed by atoms with Crippen molar-refractivity contribution in [1.29, 1.82) is 0 Å². The van der Waals surface area contributed by atoms with E-state index in [0.717, 1.165) is 11.6 Å². The number of nitrogens with one attached hydrogen (secondary N) is 1. The number of benzene rings is 1. The van der Waals surface area contributed by atoms with Crippen molar-refractivity contribution in [2.24, 2.45) is 0 Å². The lowest BCUT2D eigenvalue weighted by molar-refractivity contribution is 0.540. The van der Waals surface area contributed by atoms with Crippen LogP contribution in [-0.4, -0.2) is 16.5 Å². The van der Waals surface area contributed by atoms with Crippen LogP contribution in [0.25, 0.3) is 0 Å². The second-order valence-corrected chi connectivity index (χ2v) is 3.83. The lowest BCUT2D eigenvalue weighted by Gasteiger charge is -2.18. The molecule has 0 amide bonds. The lowest BCUT2D eigenvalue weighted by atomic mass is 10.0. The summed E-state index contributed by atoms with van der Waals surface area (Å²) >= 11 is 0. The first-order chi connectivity index (χ1) is 8.72. The lowest BCUT2D eigenvalue weighted by Crippen LogP contribution is -2.23. The first-order valence-corrected chi connectivity index (χ1v) is 5.65. The number of hydrogen-bond acceptors (Lipinski definition) is 3. The second kappa shape index (κ2) is 5.64. The SMILES string of the molecule is CCNC(c1cncnc1)c1ccc(F)cc1F. The molecule has 1 aromatic carbocycles. The van der Waals surface area contributed by atoms with Crippen LogP contribution in [0.2, 0.25) is 0 Å². The first-order valence-electron chi connectivity index (χ1n) is 5.65. The van der Waals surface area contributed by atoms with Crippen molar-refractivity contribution in [3.63, 3.8) is 0 Å². The van der Waals surface area contributed by atoms with Crippen LogP contribution in [-0.2, 0) is 0 Å². The predicted molar refractivity (Wildman–Crippen MR) is 63.9 cm³/mol. The van der Waals surface area contributed by atoms with Crippen LogP contribution in [0.15, 0.2) is 36.9 Å². The maximum absolute atomic E-state index is 13.8. The minimum absolute atomic E-state index is 0.378. The number of halogens is 2. The summed E-state index contributed by atoms with van der Waals surface area (Å²) in [6.45, 7) is 2.56. The van der Waals surface area contributed by atoms with Crippen LogP contribution < -0.4 is 5.32 Å². The number of rotatable bonds is 4. The molecule has 1 atom stereocenters. The van der Waals surface area contributed by atoms with Gasteiger partial charge >= 0.3 is 0 Å². The molecule has 0 fully saturated rings. The van der Waals surface area contributed by atoms with Gasteiger partial charge in [-0.05, 0) is 12.6 Å². The Morgan fingerprint density at radius 1 is 1.22 bits per heavy atom. The van der Waals surface area contributed by atoms with Crippen molar-refractivity contribution >= 4 is 0 Å². The summed E-state index contributed by atoms with van der Waals surface area (Å²) in [7, 11) is 0. The largest absolute Gasteiger partial charge is 0.306 e. The maximum atomic E-state index is 13.8. The van der Waals surface area contributed by atoms with Crippen molar-refractivity contribution < 1.29 is 8.78 Å². The van der Waals surface area contributed by atoms with Crippen molar-refractivity contribution in [2.75, 3.05) is 6.54 Å². The van der Waals surface area contributed by atoms with Crippen molar-refractivity contribution in [1.82, 2.24) is 15.3 Å². The predicted octanol–water partition coefficient (Wildman–Crippen LogP) is 2.45. The summed E-state index contributed by atoms with van der Waals surface area (Å²) in [5.74, 6) is -1.17. The Morgan fingerprint density at radius 3 is 2.56 bits per heavy atom. The molecule has 1 unspecified atom stereocenters. The second-order valence-electron chi connectivity index (χ2n) is 3.83. The molecule has 0 radical (unpaired) electrons. The number of nitrogens with zero attached hydrogens (tertiary/aromatic N) is 2. The van der Waals surface area contributed by atoms with E-state index in [2.05, 4.69) is 15.3 Å². The molecular formula is C13H13F2N3. The fourth-order valence-electron chi connectivity index (χ4n) is 1.81. The molecule has 3 nitrogen and oxygen atoms in total. The highest BCUT2D eigenvalue weighted by Gasteiger charge is 2.17. The average molecular weight is 249 g/mol. The minimum Gasteiger partial charge on any atom is -0.306 e. The summed E-state index contributed by atoms with van der Waals surface area (Å²) in [6, 6.07) is 3.18.